The third-order valence-corrected chi connectivity index (χ3v) is 4.14. The summed E-state index contributed by atoms with van der Waals surface area (Å²) in [7, 11) is 0. The molecule has 1 saturated carbocycles. The van der Waals surface area contributed by atoms with Gasteiger partial charge in [0.2, 0.25) is 5.91 Å². The average molecular weight is 255 g/mol. The zero-order chi connectivity index (χ0) is 13.5. The van der Waals surface area contributed by atoms with Gasteiger partial charge in [-0.1, -0.05) is 20.3 Å². The van der Waals surface area contributed by atoms with E-state index in [-0.39, 0.29) is 11.9 Å². The summed E-state index contributed by atoms with van der Waals surface area (Å²) in [5.41, 5.74) is 5.85. The van der Waals surface area contributed by atoms with E-state index in [0.29, 0.717) is 12.0 Å². The Hall–Kier alpha value is -0.610. The Labute approximate surface area is 111 Å². The van der Waals surface area contributed by atoms with Crippen LogP contribution in [0.1, 0.15) is 46.5 Å². The number of nitrogens with zero attached hydrogens (tertiary/aromatic N) is 1. The Balaban J connectivity index is 2.61. The minimum absolute atomic E-state index is 0.0429. The van der Waals surface area contributed by atoms with Crippen LogP contribution < -0.4 is 11.1 Å². The van der Waals surface area contributed by atoms with Crippen molar-refractivity contribution in [3.8, 4) is 0 Å². The number of amides is 1. The second kappa shape index (κ2) is 7.74. The highest BCUT2D eigenvalue weighted by atomic mass is 16.2. The molecule has 0 heterocycles. The Morgan fingerprint density at radius 2 is 2.17 bits per heavy atom. The highest BCUT2D eigenvalue weighted by molar-refractivity contribution is 5.81. The van der Waals surface area contributed by atoms with Gasteiger partial charge in [-0.15, -0.1) is 0 Å². The van der Waals surface area contributed by atoms with Gasteiger partial charge < -0.3 is 11.1 Å². The second-order valence-electron chi connectivity index (χ2n) is 5.29. The van der Waals surface area contributed by atoms with Gasteiger partial charge in [-0.05, 0) is 45.2 Å². The fourth-order valence-corrected chi connectivity index (χ4v) is 3.07. The van der Waals surface area contributed by atoms with Crippen molar-refractivity contribution >= 4 is 5.91 Å². The number of hydrogen-bond acceptors (Lipinski definition) is 3. The molecule has 3 N–H and O–H groups in total. The van der Waals surface area contributed by atoms with E-state index in [2.05, 4.69) is 24.1 Å². The lowest BCUT2D eigenvalue weighted by atomic mass is 10.0. The van der Waals surface area contributed by atoms with Gasteiger partial charge in [0, 0.05) is 12.6 Å². The first-order valence-electron chi connectivity index (χ1n) is 7.39. The molecular formula is C14H29N3O. The van der Waals surface area contributed by atoms with E-state index in [0.717, 1.165) is 26.1 Å². The molecule has 0 bridgehead atoms. The second-order valence-corrected chi connectivity index (χ2v) is 5.29. The minimum atomic E-state index is -0.0429. The standard InChI is InChI=1S/C14H29N3O/c1-4-9-16-14(18)11(3)17(5-2)13-8-6-7-12(13)10-15/h11-13H,4-10,15H2,1-3H3,(H,16,18). The van der Waals surface area contributed by atoms with Crippen LogP contribution in [0.4, 0.5) is 0 Å². The molecule has 0 spiro atoms. The molecule has 18 heavy (non-hydrogen) atoms. The summed E-state index contributed by atoms with van der Waals surface area (Å²) >= 11 is 0. The Bertz CT molecular complexity index is 257. The van der Waals surface area contributed by atoms with E-state index >= 15 is 0 Å². The molecule has 4 nitrogen and oxygen atoms in total. The van der Waals surface area contributed by atoms with Gasteiger partial charge in [-0.2, -0.15) is 0 Å². The number of likely N-dealkylation sites (N-methyl/N-ethyl adjacent to an activating group) is 1. The molecule has 4 heteroatoms. The van der Waals surface area contributed by atoms with Crippen LogP contribution in [0.3, 0.4) is 0 Å². The van der Waals surface area contributed by atoms with Crippen molar-refractivity contribution < 1.29 is 4.79 Å². The lowest BCUT2D eigenvalue weighted by molar-refractivity contribution is -0.127. The first-order valence-corrected chi connectivity index (χ1v) is 7.39. The predicted molar refractivity (Wildman–Crippen MR) is 75.3 cm³/mol. The first-order chi connectivity index (χ1) is 8.65. The van der Waals surface area contributed by atoms with Crippen molar-refractivity contribution in [2.24, 2.45) is 11.7 Å². The molecule has 0 aromatic heterocycles. The first kappa shape index (κ1) is 15.4. The van der Waals surface area contributed by atoms with Gasteiger partial charge in [0.15, 0.2) is 0 Å². The van der Waals surface area contributed by atoms with Crippen molar-refractivity contribution in [1.29, 1.82) is 0 Å². The number of hydrogen-bond donors (Lipinski definition) is 2. The van der Waals surface area contributed by atoms with Crippen LogP contribution in [-0.4, -0.2) is 42.5 Å². The van der Waals surface area contributed by atoms with Gasteiger partial charge in [0.05, 0.1) is 6.04 Å². The third kappa shape index (κ3) is 3.69. The molecule has 3 atom stereocenters. The zero-order valence-corrected chi connectivity index (χ0v) is 12.1. The summed E-state index contributed by atoms with van der Waals surface area (Å²) in [5.74, 6) is 0.716. The Morgan fingerprint density at radius 1 is 1.44 bits per heavy atom. The van der Waals surface area contributed by atoms with E-state index in [4.69, 9.17) is 5.73 Å². The van der Waals surface area contributed by atoms with Crippen LogP contribution >= 0.6 is 0 Å². The van der Waals surface area contributed by atoms with Crippen molar-refractivity contribution in [2.45, 2.75) is 58.5 Å². The van der Waals surface area contributed by atoms with Crippen LogP contribution in [0.25, 0.3) is 0 Å². The number of carbonyl (C=O) groups is 1. The quantitative estimate of drug-likeness (QED) is 0.722. The molecule has 1 amide bonds. The van der Waals surface area contributed by atoms with Crippen molar-refractivity contribution in [1.82, 2.24) is 10.2 Å². The summed E-state index contributed by atoms with van der Waals surface area (Å²) in [4.78, 5) is 14.4. The van der Waals surface area contributed by atoms with Gasteiger partial charge in [-0.3, -0.25) is 9.69 Å². The molecule has 0 aromatic carbocycles. The molecule has 3 unspecified atom stereocenters. The van der Waals surface area contributed by atoms with Gasteiger partial charge in [0.25, 0.3) is 0 Å². The monoisotopic (exact) mass is 255 g/mol. The number of nitrogens with one attached hydrogen (secondary N) is 1. The highest BCUT2D eigenvalue weighted by Crippen LogP contribution is 2.30. The molecule has 1 fully saturated rings. The largest absolute Gasteiger partial charge is 0.355 e. The van der Waals surface area contributed by atoms with Crippen molar-refractivity contribution in [2.75, 3.05) is 19.6 Å². The molecule has 1 aliphatic carbocycles. The molecule has 1 aliphatic rings. The molecule has 0 saturated heterocycles. The SMILES string of the molecule is CCCNC(=O)C(C)N(CC)C1CCCC1CN. The van der Waals surface area contributed by atoms with Gasteiger partial charge in [0.1, 0.15) is 0 Å². The summed E-state index contributed by atoms with van der Waals surface area (Å²) in [6, 6.07) is 0.445. The van der Waals surface area contributed by atoms with E-state index < -0.39 is 0 Å². The van der Waals surface area contributed by atoms with Crippen LogP contribution in [0.2, 0.25) is 0 Å². The highest BCUT2D eigenvalue weighted by Gasteiger charge is 2.34. The lowest BCUT2D eigenvalue weighted by Gasteiger charge is -2.35. The van der Waals surface area contributed by atoms with E-state index in [1.165, 1.54) is 19.3 Å². The molecular weight excluding hydrogens is 226 g/mol. The van der Waals surface area contributed by atoms with Gasteiger partial charge >= 0.3 is 0 Å². The van der Waals surface area contributed by atoms with E-state index in [9.17, 15) is 4.79 Å². The zero-order valence-electron chi connectivity index (χ0n) is 12.1. The van der Waals surface area contributed by atoms with Crippen molar-refractivity contribution in [3.05, 3.63) is 0 Å². The lowest BCUT2D eigenvalue weighted by Crippen LogP contribution is -2.51. The topological polar surface area (TPSA) is 58.4 Å². The summed E-state index contributed by atoms with van der Waals surface area (Å²) in [6.45, 7) is 8.65. The molecule has 1 rings (SSSR count). The summed E-state index contributed by atoms with van der Waals surface area (Å²) in [5, 5.41) is 2.99. The maximum absolute atomic E-state index is 12.1. The molecule has 0 aliphatic heterocycles. The normalized spacial score (nSPS) is 25.4. The van der Waals surface area contributed by atoms with E-state index in [1.54, 1.807) is 0 Å². The van der Waals surface area contributed by atoms with Crippen LogP contribution in [0.5, 0.6) is 0 Å². The van der Waals surface area contributed by atoms with Crippen LogP contribution in [0, 0.1) is 5.92 Å². The third-order valence-electron chi connectivity index (χ3n) is 4.14. The van der Waals surface area contributed by atoms with Crippen LogP contribution in [0.15, 0.2) is 0 Å². The average Bonchev–Trinajstić information content (AvgIpc) is 2.84. The fraction of sp³-hybridized carbons (Fsp3) is 0.929. The number of nitrogens with two attached hydrogens (primary N) is 1. The number of carbonyl (C=O) groups excluding carboxylic acids is 1. The van der Waals surface area contributed by atoms with Crippen molar-refractivity contribution in [3.63, 3.8) is 0 Å². The Kier molecular flexibility index (Phi) is 6.65. The molecule has 0 radical (unpaired) electrons. The smallest absolute Gasteiger partial charge is 0.237 e. The Morgan fingerprint density at radius 3 is 2.72 bits per heavy atom. The molecule has 106 valence electrons. The maximum atomic E-state index is 12.1. The summed E-state index contributed by atoms with van der Waals surface area (Å²) < 4.78 is 0. The fourth-order valence-electron chi connectivity index (χ4n) is 3.07. The van der Waals surface area contributed by atoms with Crippen LogP contribution in [-0.2, 0) is 4.79 Å². The summed E-state index contributed by atoms with van der Waals surface area (Å²) in [6.07, 6.45) is 4.62. The minimum Gasteiger partial charge on any atom is -0.355 e. The number of rotatable bonds is 7. The molecule has 0 aromatic rings. The van der Waals surface area contributed by atoms with E-state index in [1.807, 2.05) is 6.92 Å². The van der Waals surface area contributed by atoms with Gasteiger partial charge in [-0.25, -0.2) is 0 Å². The maximum Gasteiger partial charge on any atom is 0.237 e. The predicted octanol–water partition coefficient (Wildman–Crippen LogP) is 1.35.